The summed E-state index contributed by atoms with van der Waals surface area (Å²) < 4.78 is 44.9. The summed E-state index contributed by atoms with van der Waals surface area (Å²) in [6.45, 7) is 0. The number of fused-ring (bicyclic) bond motifs is 1. The number of para-hydroxylation sites is 1. The Labute approximate surface area is 134 Å². The lowest BCUT2D eigenvalue weighted by Crippen LogP contribution is -2.08. The molecule has 0 aliphatic heterocycles. The standard InChI is InChI=1S/C16H11F3N4O/c1-24-12-8-4-6-10-13(12)21-14(22-15(10)23-20)9-5-2-3-7-11(9)16(17,18)19/h2-8,20H,1H3. The first-order chi connectivity index (χ1) is 11.5. The van der Waals surface area contributed by atoms with Gasteiger partial charge in [0.15, 0.2) is 11.6 Å². The molecule has 0 atom stereocenters. The molecule has 1 aromatic heterocycles. The van der Waals surface area contributed by atoms with Gasteiger partial charge in [-0.05, 0) is 18.2 Å². The Balaban J connectivity index is 2.35. The third-order valence-corrected chi connectivity index (χ3v) is 3.47. The zero-order chi connectivity index (χ0) is 17.3. The van der Waals surface area contributed by atoms with Crippen LogP contribution in [0.4, 0.5) is 19.0 Å². The van der Waals surface area contributed by atoms with Crippen LogP contribution in [0.2, 0.25) is 0 Å². The van der Waals surface area contributed by atoms with Crippen molar-refractivity contribution < 1.29 is 17.9 Å². The summed E-state index contributed by atoms with van der Waals surface area (Å²) in [5.74, 6) is 0.183. The molecule has 1 heterocycles. The lowest BCUT2D eigenvalue weighted by Gasteiger charge is -2.13. The van der Waals surface area contributed by atoms with Crippen LogP contribution in [-0.2, 0) is 6.18 Å². The van der Waals surface area contributed by atoms with Gasteiger partial charge in [0.05, 0.1) is 18.1 Å². The minimum Gasteiger partial charge on any atom is -0.494 e. The van der Waals surface area contributed by atoms with Crippen LogP contribution in [-0.4, -0.2) is 17.1 Å². The smallest absolute Gasteiger partial charge is 0.417 e. The number of nitrogens with one attached hydrogen (secondary N) is 1. The van der Waals surface area contributed by atoms with Gasteiger partial charge in [-0.2, -0.15) is 13.2 Å². The van der Waals surface area contributed by atoms with E-state index in [0.29, 0.717) is 16.7 Å². The van der Waals surface area contributed by atoms with Crippen molar-refractivity contribution in [2.75, 3.05) is 7.11 Å². The average molecular weight is 332 g/mol. The lowest BCUT2D eigenvalue weighted by atomic mass is 10.1. The summed E-state index contributed by atoms with van der Waals surface area (Å²) in [5, 5.41) is 3.74. The zero-order valence-corrected chi connectivity index (χ0v) is 12.4. The number of hydrogen-bond acceptors (Lipinski definition) is 5. The maximum atomic E-state index is 13.2. The number of ether oxygens (including phenoxy) is 1. The number of rotatable bonds is 3. The Morgan fingerprint density at radius 2 is 1.79 bits per heavy atom. The van der Waals surface area contributed by atoms with Gasteiger partial charge in [0.25, 0.3) is 0 Å². The van der Waals surface area contributed by atoms with Crippen LogP contribution in [0.5, 0.6) is 5.75 Å². The highest BCUT2D eigenvalue weighted by molar-refractivity contribution is 5.93. The maximum Gasteiger partial charge on any atom is 0.417 e. The number of benzene rings is 2. The van der Waals surface area contributed by atoms with Crippen molar-refractivity contribution in [3.8, 4) is 17.1 Å². The lowest BCUT2D eigenvalue weighted by molar-refractivity contribution is -0.137. The van der Waals surface area contributed by atoms with E-state index in [1.54, 1.807) is 18.2 Å². The van der Waals surface area contributed by atoms with Crippen molar-refractivity contribution in [3.63, 3.8) is 0 Å². The van der Waals surface area contributed by atoms with Crippen LogP contribution < -0.4 is 4.74 Å². The van der Waals surface area contributed by atoms with Crippen molar-refractivity contribution in [2.45, 2.75) is 6.18 Å². The molecule has 0 unspecified atom stereocenters. The summed E-state index contributed by atoms with van der Waals surface area (Å²) in [5.41, 5.74) is 6.53. The van der Waals surface area contributed by atoms with Gasteiger partial charge in [-0.15, -0.1) is 5.11 Å². The molecule has 2 aromatic carbocycles. The second-order valence-corrected chi connectivity index (χ2v) is 4.88. The summed E-state index contributed by atoms with van der Waals surface area (Å²) >= 11 is 0. The van der Waals surface area contributed by atoms with E-state index in [9.17, 15) is 13.2 Å². The van der Waals surface area contributed by atoms with Crippen molar-refractivity contribution >= 4 is 16.7 Å². The van der Waals surface area contributed by atoms with Crippen LogP contribution in [0.25, 0.3) is 22.3 Å². The molecule has 0 radical (unpaired) electrons. The topological polar surface area (TPSA) is 71.2 Å². The van der Waals surface area contributed by atoms with Crippen molar-refractivity contribution in [2.24, 2.45) is 5.11 Å². The number of methoxy groups -OCH3 is 1. The summed E-state index contributed by atoms with van der Waals surface area (Å²) in [4.78, 5) is 8.24. The second-order valence-electron chi connectivity index (χ2n) is 4.88. The quantitative estimate of drug-likeness (QED) is 0.687. The van der Waals surface area contributed by atoms with Crippen molar-refractivity contribution in [1.82, 2.24) is 9.97 Å². The average Bonchev–Trinajstić information content (AvgIpc) is 2.59. The normalized spacial score (nSPS) is 11.5. The van der Waals surface area contributed by atoms with E-state index >= 15 is 0 Å². The van der Waals surface area contributed by atoms with Crippen LogP contribution in [0.1, 0.15) is 5.56 Å². The highest BCUT2D eigenvalue weighted by Crippen LogP contribution is 2.38. The van der Waals surface area contributed by atoms with E-state index in [0.717, 1.165) is 6.07 Å². The third-order valence-electron chi connectivity index (χ3n) is 3.47. The molecule has 0 bridgehead atoms. The highest BCUT2D eigenvalue weighted by Gasteiger charge is 2.34. The fourth-order valence-corrected chi connectivity index (χ4v) is 2.41. The molecule has 5 nitrogen and oxygen atoms in total. The molecule has 1 N–H and O–H groups in total. The number of nitrogens with zero attached hydrogens (tertiary/aromatic N) is 3. The first-order valence-electron chi connectivity index (χ1n) is 6.84. The maximum absolute atomic E-state index is 13.2. The van der Waals surface area contributed by atoms with E-state index in [2.05, 4.69) is 15.1 Å². The van der Waals surface area contributed by atoms with E-state index in [1.807, 2.05) is 0 Å². The Morgan fingerprint density at radius 3 is 2.46 bits per heavy atom. The molecule has 24 heavy (non-hydrogen) atoms. The van der Waals surface area contributed by atoms with Gasteiger partial charge in [0.2, 0.25) is 0 Å². The van der Waals surface area contributed by atoms with E-state index in [-0.39, 0.29) is 17.2 Å². The number of halogens is 3. The number of aromatic nitrogens is 2. The van der Waals surface area contributed by atoms with Crippen molar-refractivity contribution in [3.05, 3.63) is 48.0 Å². The molecule has 3 aromatic rings. The van der Waals surface area contributed by atoms with E-state index < -0.39 is 11.7 Å². The molecule has 0 fully saturated rings. The van der Waals surface area contributed by atoms with Gasteiger partial charge in [-0.1, -0.05) is 24.3 Å². The van der Waals surface area contributed by atoms with Crippen LogP contribution in [0.15, 0.2) is 47.6 Å². The SMILES string of the molecule is COc1cccc2c(N=N)nc(-c3ccccc3C(F)(F)F)nc12. The van der Waals surface area contributed by atoms with Gasteiger partial charge >= 0.3 is 6.18 Å². The number of alkyl halides is 3. The molecule has 0 spiro atoms. The van der Waals surface area contributed by atoms with Gasteiger partial charge in [-0.25, -0.2) is 15.5 Å². The van der Waals surface area contributed by atoms with E-state index in [4.69, 9.17) is 10.3 Å². The molecule has 3 rings (SSSR count). The molecule has 0 saturated carbocycles. The van der Waals surface area contributed by atoms with Gasteiger partial charge in [0, 0.05) is 5.56 Å². The molecule has 122 valence electrons. The van der Waals surface area contributed by atoms with Gasteiger partial charge in [-0.3, -0.25) is 0 Å². The largest absolute Gasteiger partial charge is 0.494 e. The summed E-state index contributed by atoms with van der Waals surface area (Å²) in [7, 11) is 1.43. The zero-order valence-electron chi connectivity index (χ0n) is 12.4. The Hall–Kier alpha value is -3.03. The molecule has 0 saturated heterocycles. The first kappa shape index (κ1) is 15.9. The minimum atomic E-state index is -4.55. The Bertz CT molecular complexity index is 925. The molecular formula is C16H11F3N4O. The van der Waals surface area contributed by atoms with Crippen molar-refractivity contribution in [1.29, 1.82) is 5.53 Å². The van der Waals surface area contributed by atoms with Crippen LogP contribution in [0.3, 0.4) is 0 Å². The molecule has 0 aliphatic carbocycles. The second kappa shape index (κ2) is 5.88. The number of hydrogen-bond donors (Lipinski definition) is 1. The predicted octanol–water partition coefficient (Wildman–Crippen LogP) is 4.99. The fraction of sp³-hybridized carbons (Fsp3) is 0.125. The third kappa shape index (κ3) is 2.66. The van der Waals surface area contributed by atoms with Gasteiger partial charge < -0.3 is 4.74 Å². The summed E-state index contributed by atoms with van der Waals surface area (Å²) in [6.07, 6.45) is -4.55. The fourth-order valence-electron chi connectivity index (χ4n) is 2.41. The van der Waals surface area contributed by atoms with Crippen LogP contribution >= 0.6 is 0 Å². The summed E-state index contributed by atoms with van der Waals surface area (Å²) in [6, 6.07) is 9.94. The van der Waals surface area contributed by atoms with Crippen LogP contribution in [0, 0.1) is 5.53 Å². The molecule has 0 aliphatic rings. The van der Waals surface area contributed by atoms with E-state index in [1.165, 1.54) is 25.3 Å². The Morgan fingerprint density at radius 1 is 1.04 bits per heavy atom. The monoisotopic (exact) mass is 332 g/mol. The van der Waals surface area contributed by atoms with Gasteiger partial charge in [0.1, 0.15) is 11.3 Å². The first-order valence-corrected chi connectivity index (χ1v) is 6.84. The molecule has 0 amide bonds. The Kier molecular flexibility index (Phi) is 3.88. The predicted molar refractivity (Wildman–Crippen MR) is 81.3 cm³/mol. The highest BCUT2D eigenvalue weighted by atomic mass is 19.4. The minimum absolute atomic E-state index is 0.0223. The molecule has 8 heteroatoms. The molecular weight excluding hydrogens is 321 g/mol.